The molecule has 0 amide bonds. The van der Waals surface area contributed by atoms with Gasteiger partial charge in [-0.15, -0.1) is 0 Å². The molecule has 0 bridgehead atoms. The first-order chi connectivity index (χ1) is 6.19. The lowest BCUT2D eigenvalue weighted by atomic mass is 9.93. The van der Waals surface area contributed by atoms with E-state index in [0.717, 1.165) is 18.9 Å². The van der Waals surface area contributed by atoms with Gasteiger partial charge in [-0.25, -0.2) is 4.98 Å². The van der Waals surface area contributed by atoms with E-state index in [1.54, 1.807) is 0 Å². The summed E-state index contributed by atoms with van der Waals surface area (Å²) in [5.41, 5.74) is 2.58. The molecule has 0 saturated heterocycles. The molecule has 2 nitrogen and oxygen atoms in total. The summed E-state index contributed by atoms with van der Waals surface area (Å²) in [5.74, 6) is 1.09. The van der Waals surface area contributed by atoms with Crippen LogP contribution >= 0.6 is 0 Å². The molecule has 0 N–H and O–H groups in total. The van der Waals surface area contributed by atoms with E-state index in [4.69, 9.17) is 0 Å². The second-order valence-corrected chi connectivity index (χ2v) is 3.30. The van der Waals surface area contributed by atoms with E-state index in [1.807, 2.05) is 6.20 Å². The molecule has 0 aliphatic heterocycles. The molecule has 13 heavy (non-hydrogen) atoms. The lowest BCUT2D eigenvalue weighted by molar-refractivity contribution is 0.846. The third-order valence-corrected chi connectivity index (χ3v) is 2.45. The van der Waals surface area contributed by atoms with Crippen molar-refractivity contribution >= 4 is 19.1 Å². The van der Waals surface area contributed by atoms with E-state index < -0.39 is 0 Å². The number of rotatable bonds is 3. The average Bonchev–Trinajstić information content (AvgIpc) is 2.13. The Hall–Kier alpha value is -0.985. The molecule has 0 unspecified atom stereocenters. The monoisotopic (exact) mass is 176 g/mol. The van der Waals surface area contributed by atoms with E-state index in [0.29, 0.717) is 0 Å². The molecule has 0 fully saturated rings. The number of hydrogen-bond donors (Lipinski definition) is 0. The Labute approximate surface area is 81.4 Å². The third kappa shape index (κ3) is 2.23. The van der Waals surface area contributed by atoms with Gasteiger partial charge in [0.05, 0.1) is 0 Å². The van der Waals surface area contributed by atoms with Gasteiger partial charge in [0.15, 0.2) is 0 Å². The minimum absolute atomic E-state index is 1.02. The van der Waals surface area contributed by atoms with Gasteiger partial charge in [0.2, 0.25) is 0 Å². The summed E-state index contributed by atoms with van der Waals surface area (Å²) in [5, 5.41) is 0. The van der Waals surface area contributed by atoms with Crippen molar-refractivity contribution in [3.63, 3.8) is 0 Å². The molecular weight excluding hydrogens is 159 g/mol. The van der Waals surface area contributed by atoms with E-state index >= 15 is 0 Å². The largest absolute Gasteiger partial charge is 0.357 e. The number of pyridine rings is 1. The van der Waals surface area contributed by atoms with E-state index in [-0.39, 0.29) is 0 Å². The molecule has 0 radical (unpaired) electrons. The molecule has 1 rings (SSSR count). The fourth-order valence-electron chi connectivity index (χ4n) is 1.33. The van der Waals surface area contributed by atoms with Crippen LogP contribution in [0, 0.1) is 6.92 Å². The molecule has 1 aromatic rings. The Morgan fingerprint density at radius 3 is 2.46 bits per heavy atom. The topological polar surface area (TPSA) is 16.1 Å². The molecule has 0 atom stereocenters. The van der Waals surface area contributed by atoms with Crippen LogP contribution in [0.1, 0.15) is 19.4 Å². The highest BCUT2D eigenvalue weighted by molar-refractivity contribution is 6.33. The van der Waals surface area contributed by atoms with Crippen LogP contribution in [0.25, 0.3) is 0 Å². The smallest absolute Gasteiger partial charge is 0.141 e. The van der Waals surface area contributed by atoms with Gasteiger partial charge >= 0.3 is 0 Å². The highest BCUT2D eigenvalue weighted by Crippen LogP contribution is 2.09. The van der Waals surface area contributed by atoms with Crippen molar-refractivity contribution in [2.75, 3.05) is 18.0 Å². The van der Waals surface area contributed by atoms with Gasteiger partial charge in [-0.3, -0.25) is 0 Å². The zero-order chi connectivity index (χ0) is 9.84. The molecular formula is C10H17BN2. The molecule has 1 heterocycles. The summed E-state index contributed by atoms with van der Waals surface area (Å²) in [6, 6.07) is 2.16. The zero-order valence-electron chi connectivity index (χ0n) is 8.96. The maximum absolute atomic E-state index is 4.41. The summed E-state index contributed by atoms with van der Waals surface area (Å²) >= 11 is 0. The molecule has 0 spiro atoms. The summed E-state index contributed by atoms with van der Waals surface area (Å²) in [6.07, 6.45) is 1.95. The average molecular weight is 176 g/mol. The zero-order valence-corrected chi connectivity index (χ0v) is 8.96. The Bertz CT molecular complexity index is 282. The van der Waals surface area contributed by atoms with Gasteiger partial charge in [0.25, 0.3) is 0 Å². The molecule has 0 saturated carbocycles. The lowest BCUT2D eigenvalue weighted by Gasteiger charge is -2.20. The number of hydrogen-bond acceptors (Lipinski definition) is 2. The predicted octanol–water partition coefficient (Wildman–Crippen LogP) is 0.495. The van der Waals surface area contributed by atoms with Crippen LogP contribution in [0.3, 0.4) is 0 Å². The second kappa shape index (κ2) is 4.31. The van der Waals surface area contributed by atoms with Crippen LogP contribution < -0.4 is 10.4 Å². The van der Waals surface area contributed by atoms with Gasteiger partial charge in [-0.1, -0.05) is 11.0 Å². The molecule has 3 heteroatoms. The lowest BCUT2D eigenvalue weighted by Crippen LogP contribution is -2.24. The predicted molar refractivity (Wildman–Crippen MR) is 60.7 cm³/mol. The first-order valence-corrected chi connectivity index (χ1v) is 4.87. The van der Waals surface area contributed by atoms with Gasteiger partial charge in [-0.2, -0.15) is 0 Å². The van der Waals surface area contributed by atoms with Crippen LogP contribution in [-0.4, -0.2) is 25.9 Å². The maximum Gasteiger partial charge on any atom is 0.141 e. The SMILES string of the molecule is Bc1cnc(N(CC)CC)cc1C. The summed E-state index contributed by atoms with van der Waals surface area (Å²) in [7, 11) is 2.09. The van der Waals surface area contributed by atoms with Crippen molar-refractivity contribution in [3.8, 4) is 0 Å². The fraction of sp³-hybridized carbons (Fsp3) is 0.500. The molecule has 0 aromatic carbocycles. The number of nitrogens with zero attached hydrogens (tertiary/aromatic N) is 2. The molecule has 1 aromatic heterocycles. The van der Waals surface area contributed by atoms with Crippen molar-refractivity contribution in [3.05, 3.63) is 17.8 Å². The fourth-order valence-corrected chi connectivity index (χ4v) is 1.33. The number of aryl methyl sites for hydroxylation is 1. The van der Waals surface area contributed by atoms with Crippen LogP contribution in [0.5, 0.6) is 0 Å². The molecule has 0 aliphatic carbocycles. The first-order valence-electron chi connectivity index (χ1n) is 4.87. The first kappa shape index (κ1) is 10.1. The highest BCUT2D eigenvalue weighted by atomic mass is 15.2. The van der Waals surface area contributed by atoms with Crippen molar-refractivity contribution in [1.29, 1.82) is 0 Å². The Morgan fingerprint density at radius 1 is 1.38 bits per heavy atom. The Morgan fingerprint density at radius 2 is 2.00 bits per heavy atom. The van der Waals surface area contributed by atoms with Gasteiger partial charge in [-0.05, 0) is 26.8 Å². The maximum atomic E-state index is 4.41. The van der Waals surface area contributed by atoms with Gasteiger partial charge in [0, 0.05) is 19.3 Å². The van der Waals surface area contributed by atoms with E-state index in [1.165, 1.54) is 11.0 Å². The van der Waals surface area contributed by atoms with Crippen molar-refractivity contribution in [1.82, 2.24) is 4.98 Å². The Balaban J connectivity index is 2.95. The molecule has 0 aliphatic rings. The van der Waals surface area contributed by atoms with Crippen LogP contribution in [-0.2, 0) is 0 Å². The molecule has 70 valence electrons. The van der Waals surface area contributed by atoms with E-state index in [9.17, 15) is 0 Å². The summed E-state index contributed by atoms with van der Waals surface area (Å²) in [4.78, 5) is 6.66. The number of aromatic nitrogens is 1. The quantitative estimate of drug-likeness (QED) is 0.623. The minimum Gasteiger partial charge on any atom is -0.357 e. The standard InChI is InChI=1S/C10H17BN2/c1-4-13(5-2)10-6-8(3)9(11)7-12-10/h6-7H,4-5,11H2,1-3H3. The number of anilines is 1. The summed E-state index contributed by atoms with van der Waals surface area (Å²) in [6.45, 7) is 8.47. The van der Waals surface area contributed by atoms with Crippen LogP contribution in [0.4, 0.5) is 5.82 Å². The van der Waals surface area contributed by atoms with Gasteiger partial charge in [0.1, 0.15) is 13.7 Å². The van der Waals surface area contributed by atoms with Crippen molar-refractivity contribution in [2.24, 2.45) is 0 Å². The normalized spacial score (nSPS) is 10.1. The highest BCUT2D eigenvalue weighted by Gasteiger charge is 2.03. The third-order valence-electron chi connectivity index (χ3n) is 2.45. The van der Waals surface area contributed by atoms with Crippen LogP contribution in [0.15, 0.2) is 12.3 Å². The van der Waals surface area contributed by atoms with Gasteiger partial charge < -0.3 is 4.90 Å². The Kier molecular flexibility index (Phi) is 3.35. The minimum atomic E-state index is 1.02. The van der Waals surface area contributed by atoms with Crippen molar-refractivity contribution < 1.29 is 0 Å². The van der Waals surface area contributed by atoms with Crippen molar-refractivity contribution in [2.45, 2.75) is 20.8 Å². The van der Waals surface area contributed by atoms with Crippen LogP contribution in [0.2, 0.25) is 0 Å². The second-order valence-electron chi connectivity index (χ2n) is 3.30. The summed E-state index contributed by atoms with van der Waals surface area (Å²) < 4.78 is 0. The van der Waals surface area contributed by atoms with E-state index in [2.05, 4.69) is 44.6 Å².